The molecule has 1 aliphatic rings. The lowest BCUT2D eigenvalue weighted by Gasteiger charge is -2.38. The second-order valence-electron chi connectivity index (χ2n) is 5.00. The molecule has 1 aromatic carbocycles. The largest absolute Gasteiger partial charge is 0.389 e. The smallest absolute Gasteiger partial charge is 0.217 e. The predicted molar refractivity (Wildman–Crippen MR) is 70.2 cm³/mol. The number of rotatable bonds is 3. The van der Waals surface area contributed by atoms with Crippen molar-refractivity contribution in [3.63, 3.8) is 0 Å². The molecule has 1 aromatic rings. The van der Waals surface area contributed by atoms with Crippen LogP contribution in [0.1, 0.15) is 12.5 Å². The lowest BCUT2D eigenvalue weighted by atomic mass is 10.00. The number of carbonyl (C=O) groups excluding carboxylic acids is 1. The monoisotopic (exact) mass is 266 g/mol. The van der Waals surface area contributed by atoms with E-state index < -0.39 is 18.3 Å². The number of piperidine rings is 1. The number of nitrogens with zero attached hydrogens (tertiary/aromatic N) is 1. The van der Waals surface area contributed by atoms with Gasteiger partial charge in [-0.25, -0.2) is 4.39 Å². The van der Waals surface area contributed by atoms with Gasteiger partial charge in [0.2, 0.25) is 5.91 Å². The van der Waals surface area contributed by atoms with Crippen molar-refractivity contribution in [1.82, 2.24) is 10.2 Å². The number of aliphatic hydroxyl groups is 1. The van der Waals surface area contributed by atoms with Crippen LogP contribution in [0.15, 0.2) is 30.3 Å². The van der Waals surface area contributed by atoms with Gasteiger partial charge in [0, 0.05) is 26.6 Å². The zero-order valence-electron chi connectivity index (χ0n) is 10.9. The van der Waals surface area contributed by atoms with E-state index in [1.807, 2.05) is 35.2 Å². The van der Waals surface area contributed by atoms with Crippen molar-refractivity contribution < 1.29 is 14.3 Å². The molecule has 2 N–H and O–H groups in total. The summed E-state index contributed by atoms with van der Waals surface area (Å²) in [6.07, 6.45) is -2.47. The maximum Gasteiger partial charge on any atom is 0.217 e. The van der Waals surface area contributed by atoms with Crippen molar-refractivity contribution >= 4 is 5.91 Å². The molecular formula is C14H19FN2O2. The number of benzene rings is 1. The van der Waals surface area contributed by atoms with E-state index in [0.29, 0.717) is 13.1 Å². The zero-order valence-corrected chi connectivity index (χ0v) is 10.9. The minimum atomic E-state index is -1.41. The van der Waals surface area contributed by atoms with Gasteiger partial charge in [0.15, 0.2) is 0 Å². The first-order valence-electron chi connectivity index (χ1n) is 6.42. The second kappa shape index (κ2) is 6.12. The van der Waals surface area contributed by atoms with Gasteiger partial charge in [-0.3, -0.25) is 9.69 Å². The van der Waals surface area contributed by atoms with Gasteiger partial charge in [-0.1, -0.05) is 30.3 Å². The minimum absolute atomic E-state index is 0.276. The fourth-order valence-corrected chi connectivity index (χ4v) is 2.44. The molecular weight excluding hydrogens is 247 g/mol. The number of alkyl halides is 1. The summed E-state index contributed by atoms with van der Waals surface area (Å²) >= 11 is 0. The molecule has 1 aliphatic heterocycles. The van der Waals surface area contributed by atoms with E-state index in [1.54, 1.807) is 0 Å². The SMILES string of the molecule is CC(=O)N[C@H]1CN(Cc2ccccc2)C[C@@H](O)[C@@H]1F. The Hall–Kier alpha value is -1.46. The number of carbonyl (C=O) groups is 1. The molecule has 19 heavy (non-hydrogen) atoms. The van der Waals surface area contributed by atoms with Gasteiger partial charge >= 0.3 is 0 Å². The van der Waals surface area contributed by atoms with Gasteiger partial charge in [0.1, 0.15) is 6.17 Å². The first-order valence-corrected chi connectivity index (χ1v) is 6.42. The van der Waals surface area contributed by atoms with E-state index in [0.717, 1.165) is 5.56 Å². The van der Waals surface area contributed by atoms with Crippen LogP contribution < -0.4 is 5.32 Å². The average molecular weight is 266 g/mol. The van der Waals surface area contributed by atoms with Crippen molar-refractivity contribution in [3.05, 3.63) is 35.9 Å². The molecule has 1 amide bonds. The molecule has 5 heteroatoms. The zero-order chi connectivity index (χ0) is 13.8. The quantitative estimate of drug-likeness (QED) is 0.847. The van der Waals surface area contributed by atoms with Crippen LogP contribution in [0.3, 0.4) is 0 Å². The molecule has 1 heterocycles. The first-order chi connectivity index (χ1) is 9.06. The molecule has 0 bridgehead atoms. The molecule has 0 saturated carbocycles. The predicted octanol–water partition coefficient (Wildman–Crippen LogP) is 0.706. The average Bonchev–Trinajstić information content (AvgIpc) is 2.36. The van der Waals surface area contributed by atoms with E-state index in [9.17, 15) is 14.3 Å². The molecule has 0 radical (unpaired) electrons. The standard InChI is InChI=1S/C14H19FN2O2/c1-10(18)16-12-8-17(9-13(19)14(12)15)7-11-5-3-2-4-6-11/h2-6,12-14,19H,7-9H2,1H3,(H,16,18)/t12-,13+,14+/m0/s1. The third kappa shape index (κ3) is 3.75. The lowest BCUT2D eigenvalue weighted by molar-refractivity contribution is -0.121. The van der Waals surface area contributed by atoms with Gasteiger partial charge in [0.25, 0.3) is 0 Å². The third-order valence-corrected chi connectivity index (χ3v) is 3.29. The molecule has 4 nitrogen and oxygen atoms in total. The topological polar surface area (TPSA) is 52.6 Å². The molecule has 3 atom stereocenters. The fourth-order valence-electron chi connectivity index (χ4n) is 2.44. The third-order valence-electron chi connectivity index (χ3n) is 3.29. The number of β-amino-alcohol motifs (C(OH)–C–C–N with tert-alkyl or cyclic N) is 1. The number of hydrogen-bond donors (Lipinski definition) is 2. The normalized spacial score (nSPS) is 28.1. The highest BCUT2D eigenvalue weighted by Crippen LogP contribution is 2.17. The number of halogens is 1. The van der Waals surface area contributed by atoms with Crippen molar-refractivity contribution in [2.24, 2.45) is 0 Å². The van der Waals surface area contributed by atoms with Gasteiger partial charge in [-0.2, -0.15) is 0 Å². The molecule has 0 unspecified atom stereocenters. The number of hydrogen-bond acceptors (Lipinski definition) is 3. The van der Waals surface area contributed by atoms with Crippen molar-refractivity contribution in [1.29, 1.82) is 0 Å². The van der Waals surface area contributed by atoms with Crippen LogP contribution in [-0.2, 0) is 11.3 Å². The Balaban J connectivity index is 2.00. The minimum Gasteiger partial charge on any atom is -0.389 e. The molecule has 1 fully saturated rings. The number of amides is 1. The Morgan fingerprint density at radius 2 is 2.11 bits per heavy atom. The highest BCUT2D eigenvalue weighted by molar-refractivity contribution is 5.73. The van der Waals surface area contributed by atoms with Crippen LogP contribution in [0.4, 0.5) is 4.39 Å². The van der Waals surface area contributed by atoms with Crippen molar-refractivity contribution in [3.8, 4) is 0 Å². The molecule has 0 spiro atoms. The van der Waals surface area contributed by atoms with E-state index >= 15 is 0 Å². The Morgan fingerprint density at radius 3 is 2.74 bits per heavy atom. The highest BCUT2D eigenvalue weighted by atomic mass is 19.1. The Morgan fingerprint density at radius 1 is 1.42 bits per heavy atom. The number of nitrogens with one attached hydrogen (secondary N) is 1. The molecule has 0 aliphatic carbocycles. The Labute approximate surface area is 112 Å². The summed E-state index contributed by atoms with van der Waals surface area (Å²) in [5.74, 6) is -0.276. The van der Waals surface area contributed by atoms with Gasteiger partial charge in [-0.05, 0) is 5.56 Å². The maximum atomic E-state index is 13.8. The maximum absolute atomic E-state index is 13.8. The van der Waals surface area contributed by atoms with Gasteiger partial charge in [-0.15, -0.1) is 0 Å². The summed E-state index contributed by atoms with van der Waals surface area (Å²) in [5.41, 5.74) is 1.11. The van der Waals surface area contributed by atoms with E-state index in [2.05, 4.69) is 5.32 Å². The van der Waals surface area contributed by atoms with Crippen molar-refractivity contribution in [2.75, 3.05) is 13.1 Å². The number of likely N-dealkylation sites (tertiary alicyclic amines) is 1. The van der Waals surface area contributed by atoms with Crippen LogP contribution in [0, 0.1) is 0 Å². The first kappa shape index (κ1) is 14.0. The summed E-state index contributed by atoms with van der Waals surface area (Å²) in [5, 5.41) is 12.3. The summed E-state index contributed by atoms with van der Waals surface area (Å²) in [6.45, 7) is 2.69. The van der Waals surface area contributed by atoms with Crippen LogP contribution in [-0.4, -0.2) is 47.3 Å². The molecule has 2 rings (SSSR count). The van der Waals surface area contributed by atoms with Crippen LogP contribution in [0.2, 0.25) is 0 Å². The Kier molecular flexibility index (Phi) is 4.50. The van der Waals surface area contributed by atoms with Crippen LogP contribution in [0.25, 0.3) is 0 Å². The molecule has 0 aromatic heterocycles. The molecule has 104 valence electrons. The van der Waals surface area contributed by atoms with E-state index in [1.165, 1.54) is 6.92 Å². The summed E-state index contributed by atoms with van der Waals surface area (Å²) in [7, 11) is 0. The van der Waals surface area contributed by atoms with Gasteiger partial charge in [0.05, 0.1) is 12.1 Å². The van der Waals surface area contributed by atoms with E-state index in [4.69, 9.17) is 0 Å². The number of aliphatic hydroxyl groups excluding tert-OH is 1. The van der Waals surface area contributed by atoms with Crippen molar-refractivity contribution in [2.45, 2.75) is 31.8 Å². The summed E-state index contributed by atoms with van der Waals surface area (Å²) in [6, 6.07) is 9.15. The summed E-state index contributed by atoms with van der Waals surface area (Å²) in [4.78, 5) is 13.0. The van der Waals surface area contributed by atoms with Crippen LogP contribution in [0.5, 0.6) is 0 Å². The van der Waals surface area contributed by atoms with E-state index in [-0.39, 0.29) is 12.5 Å². The molecule has 1 saturated heterocycles. The fraction of sp³-hybridized carbons (Fsp3) is 0.500. The van der Waals surface area contributed by atoms with Crippen LogP contribution >= 0.6 is 0 Å². The summed E-state index contributed by atoms with van der Waals surface area (Å²) < 4.78 is 13.8. The second-order valence-corrected chi connectivity index (χ2v) is 5.00. The highest BCUT2D eigenvalue weighted by Gasteiger charge is 2.36. The van der Waals surface area contributed by atoms with Gasteiger partial charge < -0.3 is 10.4 Å². The lowest BCUT2D eigenvalue weighted by Crippen LogP contribution is -2.59. The Bertz CT molecular complexity index is 427.